The van der Waals surface area contributed by atoms with E-state index in [1.54, 1.807) is 17.7 Å². The summed E-state index contributed by atoms with van der Waals surface area (Å²) in [7, 11) is 2.12. The van der Waals surface area contributed by atoms with Gasteiger partial charge in [-0.15, -0.1) is 11.3 Å². The lowest BCUT2D eigenvalue weighted by atomic mass is 10.0. The molecule has 0 aliphatic rings. The van der Waals surface area contributed by atoms with Crippen LogP contribution in [0.15, 0.2) is 36.0 Å². The fourth-order valence-electron chi connectivity index (χ4n) is 2.48. The maximum Gasteiger partial charge on any atom is 0.138 e. The Bertz CT molecular complexity index is 779. The van der Waals surface area contributed by atoms with Crippen LogP contribution in [0.3, 0.4) is 0 Å². The van der Waals surface area contributed by atoms with Crippen molar-refractivity contribution in [2.45, 2.75) is 13.8 Å². The largest absolute Gasteiger partial charge is 0.368 e. The van der Waals surface area contributed by atoms with Crippen molar-refractivity contribution in [2.24, 2.45) is 0 Å². The van der Waals surface area contributed by atoms with E-state index >= 15 is 0 Å². The van der Waals surface area contributed by atoms with Gasteiger partial charge in [0.25, 0.3) is 0 Å². The molecule has 3 rings (SSSR count). The summed E-state index contributed by atoms with van der Waals surface area (Å²) in [5.41, 5.74) is 3.69. The van der Waals surface area contributed by atoms with Gasteiger partial charge in [-0.25, -0.2) is 9.97 Å². The molecule has 3 aromatic rings. The molecule has 0 atom stereocenters. The van der Waals surface area contributed by atoms with E-state index in [9.17, 15) is 0 Å². The highest BCUT2D eigenvalue weighted by atomic mass is 32.1. The maximum absolute atomic E-state index is 4.47. The van der Waals surface area contributed by atoms with Gasteiger partial charge in [0, 0.05) is 24.0 Å². The van der Waals surface area contributed by atoms with Gasteiger partial charge < -0.3 is 10.2 Å². The van der Waals surface area contributed by atoms with Crippen LogP contribution < -0.4 is 5.32 Å². The van der Waals surface area contributed by atoms with Gasteiger partial charge in [-0.05, 0) is 26.1 Å². The molecule has 0 radical (unpaired) electrons. The van der Waals surface area contributed by atoms with E-state index in [-0.39, 0.29) is 0 Å². The molecular weight excluding hydrogens is 304 g/mol. The standard InChI is InChI=1S/C18H22N4S/c1-4-22(3)10-9-19-17-16-15(11-23-18(16)21-12-20-17)14-7-5-13(2)6-8-14/h5-8,11-12H,4,9-10H2,1-3H3,(H,19,20,21). The lowest BCUT2D eigenvalue weighted by Gasteiger charge is -2.15. The third-order valence-corrected chi connectivity index (χ3v) is 4.94. The molecular formula is C18H22N4S. The smallest absolute Gasteiger partial charge is 0.138 e. The number of nitrogens with zero attached hydrogens (tertiary/aromatic N) is 3. The first-order chi connectivity index (χ1) is 11.2. The van der Waals surface area contributed by atoms with Crippen molar-refractivity contribution in [3.8, 4) is 11.1 Å². The van der Waals surface area contributed by atoms with E-state index < -0.39 is 0 Å². The van der Waals surface area contributed by atoms with Gasteiger partial charge in [0.1, 0.15) is 17.0 Å². The lowest BCUT2D eigenvalue weighted by Crippen LogP contribution is -2.25. The van der Waals surface area contributed by atoms with Crippen LogP contribution in [0.1, 0.15) is 12.5 Å². The SMILES string of the molecule is CCN(C)CCNc1ncnc2scc(-c3ccc(C)cc3)c12. The summed E-state index contributed by atoms with van der Waals surface area (Å²) in [5.74, 6) is 0.927. The number of nitrogens with one attached hydrogen (secondary N) is 1. The fraction of sp³-hybridized carbons (Fsp3) is 0.333. The van der Waals surface area contributed by atoms with Crippen LogP contribution in [0.5, 0.6) is 0 Å². The number of rotatable bonds is 6. The average Bonchev–Trinajstić information content (AvgIpc) is 3.00. The van der Waals surface area contributed by atoms with Crippen molar-refractivity contribution in [3.05, 3.63) is 41.5 Å². The van der Waals surface area contributed by atoms with Crippen LogP contribution in [-0.4, -0.2) is 41.5 Å². The monoisotopic (exact) mass is 326 g/mol. The van der Waals surface area contributed by atoms with Gasteiger partial charge in [0.2, 0.25) is 0 Å². The predicted octanol–water partition coefficient (Wildman–Crippen LogP) is 4.03. The molecule has 23 heavy (non-hydrogen) atoms. The van der Waals surface area contributed by atoms with E-state index in [0.717, 1.165) is 35.7 Å². The topological polar surface area (TPSA) is 41.0 Å². The van der Waals surface area contributed by atoms with Crippen molar-refractivity contribution in [3.63, 3.8) is 0 Å². The zero-order chi connectivity index (χ0) is 16.2. The predicted molar refractivity (Wildman–Crippen MR) is 99.2 cm³/mol. The fourth-order valence-corrected chi connectivity index (χ4v) is 3.39. The van der Waals surface area contributed by atoms with E-state index in [1.165, 1.54) is 16.7 Å². The Labute approximate surface area is 141 Å². The number of likely N-dealkylation sites (N-methyl/N-ethyl adjacent to an activating group) is 1. The summed E-state index contributed by atoms with van der Waals surface area (Å²) >= 11 is 1.67. The van der Waals surface area contributed by atoms with Crippen molar-refractivity contribution in [1.29, 1.82) is 0 Å². The van der Waals surface area contributed by atoms with E-state index in [1.807, 2.05) is 0 Å². The number of aromatic nitrogens is 2. The van der Waals surface area contributed by atoms with Crippen LogP contribution >= 0.6 is 11.3 Å². The normalized spacial score (nSPS) is 11.3. The summed E-state index contributed by atoms with van der Waals surface area (Å²) in [4.78, 5) is 12.2. The number of thiophene rings is 1. The highest BCUT2D eigenvalue weighted by Crippen LogP contribution is 2.36. The van der Waals surface area contributed by atoms with Gasteiger partial charge in [-0.3, -0.25) is 0 Å². The van der Waals surface area contributed by atoms with Crippen LogP contribution in [0.25, 0.3) is 21.3 Å². The molecule has 0 fully saturated rings. The molecule has 2 aromatic heterocycles. The van der Waals surface area contributed by atoms with Crippen molar-refractivity contribution in [2.75, 3.05) is 32.0 Å². The Kier molecular flexibility index (Phi) is 4.88. The molecule has 0 unspecified atom stereocenters. The van der Waals surface area contributed by atoms with Gasteiger partial charge in [0.05, 0.1) is 5.39 Å². The second-order valence-corrected chi connectivity index (χ2v) is 6.60. The number of hydrogen-bond acceptors (Lipinski definition) is 5. The molecule has 0 saturated heterocycles. The number of benzene rings is 1. The molecule has 5 heteroatoms. The molecule has 2 heterocycles. The van der Waals surface area contributed by atoms with Gasteiger partial charge >= 0.3 is 0 Å². The van der Waals surface area contributed by atoms with Gasteiger partial charge in [-0.2, -0.15) is 0 Å². The van der Waals surface area contributed by atoms with Crippen molar-refractivity contribution in [1.82, 2.24) is 14.9 Å². The van der Waals surface area contributed by atoms with Crippen LogP contribution in [0.4, 0.5) is 5.82 Å². The number of anilines is 1. The highest BCUT2D eigenvalue weighted by molar-refractivity contribution is 7.17. The Hall–Kier alpha value is -1.98. The number of fused-ring (bicyclic) bond motifs is 1. The summed E-state index contributed by atoms with van der Waals surface area (Å²) < 4.78 is 0. The molecule has 0 saturated carbocycles. The molecule has 1 aromatic carbocycles. The molecule has 0 aliphatic heterocycles. The molecule has 0 aliphatic carbocycles. The zero-order valence-corrected chi connectivity index (χ0v) is 14.7. The third-order valence-electron chi connectivity index (χ3n) is 4.06. The van der Waals surface area contributed by atoms with Crippen molar-refractivity contribution < 1.29 is 0 Å². The Morgan fingerprint density at radius 2 is 1.96 bits per heavy atom. The Morgan fingerprint density at radius 3 is 2.70 bits per heavy atom. The van der Waals surface area contributed by atoms with E-state index in [0.29, 0.717) is 0 Å². The first-order valence-electron chi connectivity index (χ1n) is 7.90. The first kappa shape index (κ1) is 15.9. The highest BCUT2D eigenvalue weighted by Gasteiger charge is 2.12. The minimum Gasteiger partial charge on any atom is -0.368 e. The third kappa shape index (κ3) is 3.51. The Morgan fingerprint density at radius 1 is 1.17 bits per heavy atom. The Balaban J connectivity index is 1.92. The number of aryl methyl sites for hydroxylation is 1. The minimum absolute atomic E-state index is 0.875. The second-order valence-electron chi connectivity index (χ2n) is 5.74. The first-order valence-corrected chi connectivity index (χ1v) is 8.78. The van der Waals surface area contributed by atoms with Gasteiger partial charge in [-0.1, -0.05) is 36.8 Å². The van der Waals surface area contributed by atoms with Crippen LogP contribution in [0.2, 0.25) is 0 Å². The van der Waals surface area contributed by atoms with Crippen LogP contribution in [0, 0.1) is 6.92 Å². The van der Waals surface area contributed by atoms with E-state index in [2.05, 4.69) is 70.7 Å². The minimum atomic E-state index is 0.875. The lowest BCUT2D eigenvalue weighted by molar-refractivity contribution is 0.367. The van der Waals surface area contributed by atoms with Crippen molar-refractivity contribution >= 4 is 27.4 Å². The summed E-state index contributed by atoms with van der Waals surface area (Å²) in [6.07, 6.45) is 1.64. The summed E-state index contributed by atoms with van der Waals surface area (Å²) in [6.45, 7) is 7.19. The molecule has 120 valence electrons. The quantitative estimate of drug-likeness (QED) is 0.742. The molecule has 4 nitrogen and oxygen atoms in total. The molecule has 0 amide bonds. The molecule has 0 bridgehead atoms. The second kappa shape index (κ2) is 7.06. The number of hydrogen-bond donors (Lipinski definition) is 1. The zero-order valence-electron chi connectivity index (χ0n) is 13.8. The molecule has 0 spiro atoms. The summed E-state index contributed by atoms with van der Waals surface area (Å²) in [5, 5.41) is 6.77. The molecule has 1 N–H and O–H groups in total. The average molecular weight is 326 g/mol. The van der Waals surface area contributed by atoms with Gasteiger partial charge in [0.15, 0.2) is 0 Å². The maximum atomic E-state index is 4.47. The van der Waals surface area contributed by atoms with Crippen LogP contribution in [-0.2, 0) is 0 Å². The van der Waals surface area contributed by atoms with E-state index in [4.69, 9.17) is 0 Å². The summed E-state index contributed by atoms with van der Waals surface area (Å²) in [6, 6.07) is 8.62.